The highest BCUT2D eigenvalue weighted by Crippen LogP contribution is 2.30. The van der Waals surface area contributed by atoms with E-state index in [-0.39, 0.29) is 12.5 Å². The number of carbonyl (C=O) groups excluding carboxylic acids is 1. The molecule has 0 fully saturated rings. The summed E-state index contributed by atoms with van der Waals surface area (Å²) in [6, 6.07) is 9.74. The van der Waals surface area contributed by atoms with Gasteiger partial charge >= 0.3 is 5.97 Å². The first kappa shape index (κ1) is 16.1. The van der Waals surface area contributed by atoms with E-state index in [9.17, 15) is 4.79 Å². The Bertz CT molecular complexity index is 383. The predicted octanol–water partition coefficient (Wildman–Crippen LogP) is 2.59. The molecule has 19 heavy (non-hydrogen) atoms. The van der Waals surface area contributed by atoms with E-state index in [1.165, 1.54) is 0 Å². The fourth-order valence-electron chi connectivity index (χ4n) is 2.21. The highest BCUT2D eigenvalue weighted by atomic mass is 32.2. The van der Waals surface area contributed by atoms with Gasteiger partial charge in [0.25, 0.3) is 0 Å². The van der Waals surface area contributed by atoms with E-state index in [0.717, 1.165) is 24.2 Å². The van der Waals surface area contributed by atoms with E-state index >= 15 is 0 Å². The monoisotopic (exact) mass is 281 g/mol. The summed E-state index contributed by atoms with van der Waals surface area (Å²) in [4.78, 5) is 12.4. The minimum atomic E-state index is -0.701. The van der Waals surface area contributed by atoms with Gasteiger partial charge < -0.3 is 10.5 Å². The van der Waals surface area contributed by atoms with Gasteiger partial charge in [-0.2, -0.15) is 11.8 Å². The van der Waals surface area contributed by atoms with Crippen molar-refractivity contribution in [2.75, 3.05) is 25.2 Å². The van der Waals surface area contributed by atoms with Gasteiger partial charge in [0.1, 0.15) is 5.41 Å². The normalized spacial score (nSPS) is 13.8. The molecule has 0 amide bonds. The largest absolute Gasteiger partial charge is 0.465 e. The molecule has 0 aliphatic heterocycles. The molecule has 0 aliphatic carbocycles. The lowest BCUT2D eigenvalue weighted by Crippen LogP contribution is -2.44. The number of carbonyl (C=O) groups is 1. The van der Waals surface area contributed by atoms with Gasteiger partial charge in [0.2, 0.25) is 0 Å². The highest BCUT2D eigenvalue weighted by molar-refractivity contribution is 7.98. The first-order valence-electron chi connectivity index (χ1n) is 6.63. The van der Waals surface area contributed by atoms with Crippen molar-refractivity contribution in [1.29, 1.82) is 0 Å². The van der Waals surface area contributed by atoms with E-state index < -0.39 is 5.41 Å². The molecule has 1 unspecified atom stereocenters. The molecule has 0 aromatic heterocycles. The Labute approximate surface area is 119 Å². The van der Waals surface area contributed by atoms with Crippen LogP contribution in [0, 0.1) is 0 Å². The molecule has 0 saturated carbocycles. The number of benzene rings is 1. The van der Waals surface area contributed by atoms with Gasteiger partial charge in [0.05, 0.1) is 6.61 Å². The zero-order valence-corrected chi connectivity index (χ0v) is 12.5. The Hall–Kier alpha value is -1.00. The summed E-state index contributed by atoms with van der Waals surface area (Å²) in [5, 5.41) is 0. The Balaban J connectivity index is 3.02. The second-order valence-corrected chi connectivity index (χ2v) is 5.45. The zero-order valence-electron chi connectivity index (χ0n) is 11.7. The molecule has 0 aliphatic rings. The van der Waals surface area contributed by atoms with Crippen LogP contribution < -0.4 is 5.73 Å². The van der Waals surface area contributed by atoms with Crippen LogP contribution in [0.15, 0.2) is 30.3 Å². The molecule has 0 radical (unpaired) electrons. The number of hydrogen-bond donors (Lipinski definition) is 1. The van der Waals surface area contributed by atoms with E-state index in [4.69, 9.17) is 10.5 Å². The van der Waals surface area contributed by atoms with Crippen molar-refractivity contribution in [3.8, 4) is 0 Å². The molecule has 106 valence electrons. The van der Waals surface area contributed by atoms with Crippen molar-refractivity contribution < 1.29 is 9.53 Å². The summed E-state index contributed by atoms with van der Waals surface area (Å²) < 4.78 is 5.26. The number of nitrogens with two attached hydrogens (primary N) is 1. The Kier molecular flexibility index (Phi) is 6.95. The minimum Gasteiger partial charge on any atom is -0.465 e. The number of thioether (sulfide) groups is 1. The summed E-state index contributed by atoms with van der Waals surface area (Å²) >= 11 is 1.78. The number of esters is 1. The number of ether oxygens (including phenoxy) is 1. The van der Waals surface area contributed by atoms with Gasteiger partial charge in [-0.1, -0.05) is 30.3 Å². The molecule has 3 nitrogen and oxygen atoms in total. The molecular formula is C15H23NO2S. The van der Waals surface area contributed by atoms with Crippen molar-refractivity contribution in [2.24, 2.45) is 5.73 Å². The Morgan fingerprint density at radius 2 is 2.05 bits per heavy atom. The highest BCUT2D eigenvalue weighted by Gasteiger charge is 2.39. The molecule has 0 heterocycles. The third kappa shape index (κ3) is 3.98. The molecule has 0 saturated heterocycles. The first-order chi connectivity index (χ1) is 9.21. The summed E-state index contributed by atoms with van der Waals surface area (Å²) in [5.74, 6) is 0.818. The second kappa shape index (κ2) is 8.23. The lowest BCUT2D eigenvalue weighted by atomic mass is 9.77. The van der Waals surface area contributed by atoms with Crippen LogP contribution in [-0.2, 0) is 14.9 Å². The van der Waals surface area contributed by atoms with Gasteiger partial charge in [-0.15, -0.1) is 0 Å². The third-order valence-corrected chi connectivity index (χ3v) is 3.99. The molecule has 2 N–H and O–H groups in total. The maximum absolute atomic E-state index is 12.4. The van der Waals surface area contributed by atoms with Crippen LogP contribution in [-0.4, -0.2) is 31.1 Å². The van der Waals surface area contributed by atoms with Gasteiger partial charge in [-0.05, 0) is 37.3 Å². The molecule has 0 bridgehead atoms. The fourth-order valence-corrected chi connectivity index (χ4v) is 2.65. The second-order valence-electron chi connectivity index (χ2n) is 4.47. The average molecular weight is 281 g/mol. The summed E-state index contributed by atoms with van der Waals surface area (Å²) in [7, 11) is 0. The number of hydrogen-bond acceptors (Lipinski definition) is 4. The smallest absolute Gasteiger partial charge is 0.317 e. The van der Waals surface area contributed by atoms with Crippen LogP contribution in [0.1, 0.15) is 25.3 Å². The van der Waals surface area contributed by atoms with Crippen molar-refractivity contribution in [2.45, 2.75) is 25.2 Å². The Morgan fingerprint density at radius 1 is 1.37 bits per heavy atom. The van der Waals surface area contributed by atoms with Crippen LogP contribution >= 0.6 is 11.8 Å². The predicted molar refractivity (Wildman–Crippen MR) is 81.4 cm³/mol. The molecule has 1 rings (SSSR count). The van der Waals surface area contributed by atoms with Crippen LogP contribution in [0.4, 0.5) is 0 Å². The molecular weight excluding hydrogens is 258 g/mol. The maximum Gasteiger partial charge on any atom is 0.317 e. The van der Waals surface area contributed by atoms with Crippen molar-refractivity contribution >= 4 is 17.7 Å². The minimum absolute atomic E-state index is 0.204. The summed E-state index contributed by atoms with van der Waals surface area (Å²) in [6.45, 7) is 2.49. The van der Waals surface area contributed by atoms with Gasteiger partial charge in [-0.25, -0.2) is 0 Å². The Morgan fingerprint density at radius 3 is 2.58 bits per heavy atom. The van der Waals surface area contributed by atoms with Crippen molar-refractivity contribution in [1.82, 2.24) is 0 Å². The molecule has 0 spiro atoms. The van der Waals surface area contributed by atoms with Crippen LogP contribution in [0.5, 0.6) is 0 Å². The van der Waals surface area contributed by atoms with Gasteiger partial charge in [0.15, 0.2) is 0 Å². The van der Waals surface area contributed by atoms with Crippen LogP contribution in [0.2, 0.25) is 0 Å². The fraction of sp³-hybridized carbons (Fsp3) is 0.533. The standard InChI is InChI=1S/C15H23NO2S/c1-3-18-14(17)15(12-16,10-7-11-19-2)13-8-5-4-6-9-13/h4-6,8-9H,3,7,10-12,16H2,1-2H3. The van der Waals surface area contributed by atoms with E-state index in [0.29, 0.717) is 6.61 Å². The topological polar surface area (TPSA) is 52.3 Å². The van der Waals surface area contributed by atoms with E-state index in [1.54, 1.807) is 11.8 Å². The first-order valence-corrected chi connectivity index (χ1v) is 8.02. The molecule has 1 aromatic rings. The van der Waals surface area contributed by atoms with Gasteiger partial charge in [-0.3, -0.25) is 4.79 Å². The van der Waals surface area contributed by atoms with Crippen LogP contribution in [0.25, 0.3) is 0 Å². The lowest BCUT2D eigenvalue weighted by molar-refractivity contribution is -0.150. The quantitative estimate of drug-likeness (QED) is 0.588. The van der Waals surface area contributed by atoms with Crippen molar-refractivity contribution in [3.63, 3.8) is 0 Å². The third-order valence-electron chi connectivity index (χ3n) is 3.29. The molecule has 1 atom stereocenters. The maximum atomic E-state index is 12.4. The summed E-state index contributed by atoms with van der Waals surface area (Å²) in [6.07, 6.45) is 3.75. The van der Waals surface area contributed by atoms with Crippen molar-refractivity contribution in [3.05, 3.63) is 35.9 Å². The van der Waals surface area contributed by atoms with Gasteiger partial charge in [0, 0.05) is 6.54 Å². The molecule has 4 heteroatoms. The van der Waals surface area contributed by atoms with Crippen LogP contribution in [0.3, 0.4) is 0 Å². The lowest BCUT2D eigenvalue weighted by Gasteiger charge is -2.30. The SMILES string of the molecule is CCOC(=O)C(CN)(CCCSC)c1ccccc1. The zero-order chi connectivity index (χ0) is 14.1. The van der Waals surface area contributed by atoms with E-state index in [2.05, 4.69) is 6.26 Å². The molecule has 1 aromatic carbocycles. The number of rotatable bonds is 8. The average Bonchev–Trinajstić information content (AvgIpc) is 2.45. The summed E-state index contributed by atoms with van der Waals surface area (Å²) in [5.41, 5.74) is 6.20. The van der Waals surface area contributed by atoms with E-state index in [1.807, 2.05) is 37.3 Å².